The molecule has 0 saturated heterocycles. The van der Waals surface area contributed by atoms with Gasteiger partial charge in [-0.25, -0.2) is 4.79 Å². The molecule has 0 aromatic carbocycles. The normalized spacial score (nSPS) is 48.5. The van der Waals surface area contributed by atoms with E-state index in [1.54, 1.807) is 0 Å². The van der Waals surface area contributed by atoms with Gasteiger partial charge in [-0.1, -0.05) is 41.5 Å². The van der Waals surface area contributed by atoms with Gasteiger partial charge in [-0.15, -0.1) is 0 Å². The molecule has 0 heterocycles. The highest BCUT2D eigenvalue weighted by molar-refractivity contribution is 5.83. The summed E-state index contributed by atoms with van der Waals surface area (Å²) in [5.74, 6) is 1.21. The predicted molar refractivity (Wildman–Crippen MR) is 251 cm³/mol. The number of carboxylic acid groups (broad SMARTS) is 1. The zero-order chi connectivity index (χ0) is 47.7. The van der Waals surface area contributed by atoms with E-state index in [9.17, 15) is 50.1 Å². The first-order valence-electron chi connectivity index (χ1n) is 27.0. The molecule has 9 N–H and O–H groups in total. The number of carboxylic acids is 1. The largest absolute Gasteiger partial charge is 0.480 e. The Kier molecular flexibility index (Phi) is 14.9. The standard InChI is InChI=1S/C54H90N2O10/c1-29(35-12-14-37-48-39(27-44(61)53(35,37)5)51(3)20-18-33(57)23-31(51)25-42(48)59)10-16-46(63)55-22-8-7-9-41(50(65)66)56-47(64)17-11-30(2)36-13-15-38-49-40(28-45(62)54(36,38)6)52(4)21-19-34(58)24-32(52)26-43(49)60/h29-45,48-49,57-62H,7-28H2,1-6H3,(H,55,63)(H,56,64)(H,65,66)/t29?,30?,31-,32-,33+,34+,35?,36?,37+,38+,39-,40-,41?,42?,43?,44?,45?,48?,49?,51?,52?,53?,54?/m1/s1. The van der Waals surface area contributed by atoms with E-state index in [4.69, 9.17) is 0 Å². The molecule has 8 aliphatic carbocycles. The molecule has 2 amide bonds. The fourth-order valence-corrected chi connectivity index (χ4v) is 18.7. The predicted octanol–water partition coefficient (Wildman–Crippen LogP) is 6.60. The molecule has 0 aliphatic heterocycles. The molecule has 0 radical (unpaired) electrons. The number of aliphatic hydroxyl groups is 6. The van der Waals surface area contributed by atoms with Gasteiger partial charge in [0, 0.05) is 19.4 Å². The van der Waals surface area contributed by atoms with Crippen LogP contribution in [0, 0.1) is 92.7 Å². The second-order valence-corrected chi connectivity index (χ2v) is 25.4. The molecule has 23 atom stereocenters. The summed E-state index contributed by atoms with van der Waals surface area (Å²) in [5.41, 5.74) is -0.623. The number of carbonyl (C=O) groups excluding carboxylic acids is 2. The van der Waals surface area contributed by atoms with Crippen molar-refractivity contribution < 1.29 is 50.1 Å². The Bertz CT molecular complexity index is 1750. The maximum Gasteiger partial charge on any atom is 0.326 e. The van der Waals surface area contributed by atoms with E-state index < -0.39 is 36.4 Å². The van der Waals surface area contributed by atoms with Crippen molar-refractivity contribution in [3.05, 3.63) is 0 Å². The van der Waals surface area contributed by atoms with E-state index in [-0.39, 0.29) is 130 Å². The Morgan fingerprint density at radius 3 is 1.47 bits per heavy atom. The molecule has 0 bridgehead atoms. The molecule has 15 unspecified atom stereocenters. The van der Waals surface area contributed by atoms with E-state index in [0.717, 1.165) is 70.6 Å². The van der Waals surface area contributed by atoms with Crippen molar-refractivity contribution in [3.63, 3.8) is 0 Å². The summed E-state index contributed by atoms with van der Waals surface area (Å²) in [7, 11) is 0. The van der Waals surface area contributed by atoms with Crippen molar-refractivity contribution in [2.45, 2.75) is 219 Å². The fraction of sp³-hybridized carbons (Fsp3) is 0.944. The van der Waals surface area contributed by atoms with Gasteiger partial charge in [0.1, 0.15) is 6.04 Å². The van der Waals surface area contributed by atoms with Crippen molar-refractivity contribution in [1.29, 1.82) is 0 Å². The van der Waals surface area contributed by atoms with Crippen LogP contribution in [0.3, 0.4) is 0 Å². The molecule has 12 nitrogen and oxygen atoms in total. The average Bonchev–Trinajstić information content (AvgIpc) is 3.81. The number of carbonyl (C=O) groups is 3. The fourth-order valence-electron chi connectivity index (χ4n) is 18.7. The molecule has 66 heavy (non-hydrogen) atoms. The van der Waals surface area contributed by atoms with Gasteiger partial charge < -0.3 is 46.4 Å². The minimum absolute atomic E-state index is 0.0136. The molecule has 0 aromatic rings. The molecule has 8 rings (SSSR count). The number of hydrogen-bond donors (Lipinski definition) is 9. The molecule has 8 saturated carbocycles. The van der Waals surface area contributed by atoms with Gasteiger partial charge in [0.05, 0.1) is 36.6 Å². The summed E-state index contributed by atoms with van der Waals surface area (Å²) in [5, 5.41) is 83.8. The SMILES string of the molecule is CC(CCC(=O)NCCCCC(NC(=O)CCC(C)C1CC[C@H]2C3C(O)C[C@H]4C[C@@H](O)CCC4(C)[C@@H]3CC(O)C12C)C(=O)O)C1CC[C@H]2C3C(O)C[C@H]4C[C@@H](O)CCC4(C)[C@@H]3CC(O)C12C. The topological polar surface area (TPSA) is 217 Å². The Morgan fingerprint density at radius 1 is 0.561 bits per heavy atom. The van der Waals surface area contributed by atoms with Crippen molar-refractivity contribution >= 4 is 17.8 Å². The van der Waals surface area contributed by atoms with Crippen LogP contribution in [0.2, 0.25) is 0 Å². The molecule has 8 fully saturated rings. The maximum atomic E-state index is 13.2. The van der Waals surface area contributed by atoms with Crippen molar-refractivity contribution in [3.8, 4) is 0 Å². The van der Waals surface area contributed by atoms with Crippen molar-refractivity contribution in [1.82, 2.24) is 10.6 Å². The second-order valence-electron chi connectivity index (χ2n) is 25.4. The van der Waals surface area contributed by atoms with Crippen LogP contribution in [0.1, 0.15) is 176 Å². The van der Waals surface area contributed by atoms with Crippen LogP contribution in [0.25, 0.3) is 0 Å². The van der Waals surface area contributed by atoms with E-state index in [0.29, 0.717) is 57.9 Å². The molecule has 0 aromatic heterocycles. The highest BCUT2D eigenvalue weighted by atomic mass is 16.4. The lowest BCUT2D eigenvalue weighted by atomic mass is 9.43. The van der Waals surface area contributed by atoms with Crippen LogP contribution >= 0.6 is 0 Å². The molecule has 12 heteroatoms. The first kappa shape index (κ1) is 50.6. The monoisotopic (exact) mass is 927 g/mol. The number of aliphatic hydroxyl groups excluding tert-OH is 6. The Hall–Kier alpha value is -1.83. The number of rotatable bonds is 15. The third-order valence-electron chi connectivity index (χ3n) is 22.6. The smallest absolute Gasteiger partial charge is 0.326 e. The molecule has 376 valence electrons. The Morgan fingerprint density at radius 2 is 1.02 bits per heavy atom. The number of unbranched alkanes of at least 4 members (excludes halogenated alkanes) is 1. The van der Waals surface area contributed by atoms with Gasteiger partial charge in [0.25, 0.3) is 0 Å². The van der Waals surface area contributed by atoms with Crippen molar-refractivity contribution in [2.75, 3.05) is 6.54 Å². The van der Waals surface area contributed by atoms with E-state index in [2.05, 4.69) is 52.2 Å². The summed E-state index contributed by atoms with van der Waals surface area (Å²) in [4.78, 5) is 38.5. The van der Waals surface area contributed by atoms with Gasteiger partial charge in [-0.3, -0.25) is 9.59 Å². The third kappa shape index (κ3) is 8.85. The number of amides is 2. The van der Waals surface area contributed by atoms with E-state index in [1.165, 1.54) is 0 Å². The lowest BCUT2D eigenvalue weighted by molar-refractivity contribution is -0.207. The lowest BCUT2D eigenvalue weighted by Crippen LogP contribution is -2.62. The minimum Gasteiger partial charge on any atom is -0.480 e. The maximum absolute atomic E-state index is 13.2. The first-order chi connectivity index (χ1) is 31.1. The Balaban J connectivity index is 0.750. The molecule has 8 aliphatic rings. The van der Waals surface area contributed by atoms with Crippen LogP contribution in [-0.2, 0) is 14.4 Å². The third-order valence-corrected chi connectivity index (χ3v) is 22.6. The van der Waals surface area contributed by atoms with Gasteiger partial charge >= 0.3 is 5.97 Å². The average molecular weight is 927 g/mol. The first-order valence-corrected chi connectivity index (χ1v) is 27.0. The quantitative estimate of drug-likeness (QED) is 0.0803. The Labute approximate surface area is 395 Å². The van der Waals surface area contributed by atoms with Gasteiger partial charge in [0.2, 0.25) is 11.8 Å². The highest BCUT2D eigenvalue weighted by Gasteiger charge is 2.67. The van der Waals surface area contributed by atoms with Crippen molar-refractivity contribution in [2.24, 2.45) is 92.7 Å². The molecule has 0 spiro atoms. The number of fused-ring (bicyclic) bond motifs is 10. The zero-order valence-corrected chi connectivity index (χ0v) is 41.4. The van der Waals surface area contributed by atoms with Crippen LogP contribution < -0.4 is 10.6 Å². The zero-order valence-electron chi connectivity index (χ0n) is 41.4. The second kappa shape index (κ2) is 19.4. The summed E-state index contributed by atoms with van der Waals surface area (Å²) in [6, 6.07) is -1.01. The van der Waals surface area contributed by atoms with Gasteiger partial charge in [-0.2, -0.15) is 0 Å². The molecular weight excluding hydrogens is 837 g/mol. The van der Waals surface area contributed by atoms with Gasteiger partial charge in [-0.05, 0) is 215 Å². The minimum atomic E-state index is -1.07. The lowest BCUT2D eigenvalue weighted by Gasteiger charge is -2.63. The number of aliphatic carboxylic acids is 1. The van der Waals surface area contributed by atoms with E-state index >= 15 is 0 Å². The van der Waals surface area contributed by atoms with Crippen LogP contribution in [-0.4, -0.2) is 103 Å². The molecular formula is C54H90N2O10. The van der Waals surface area contributed by atoms with Gasteiger partial charge in [0.15, 0.2) is 0 Å². The van der Waals surface area contributed by atoms with Crippen LogP contribution in [0.4, 0.5) is 0 Å². The number of nitrogens with one attached hydrogen (secondary N) is 2. The summed E-state index contributed by atoms with van der Waals surface area (Å²) in [6.07, 6.45) is 12.5. The summed E-state index contributed by atoms with van der Waals surface area (Å²) < 4.78 is 0. The van der Waals surface area contributed by atoms with E-state index in [1.807, 2.05) is 0 Å². The van der Waals surface area contributed by atoms with Crippen LogP contribution in [0.5, 0.6) is 0 Å². The highest BCUT2D eigenvalue weighted by Crippen LogP contribution is 2.70. The summed E-state index contributed by atoms with van der Waals surface area (Å²) in [6.45, 7) is 14.0. The van der Waals surface area contributed by atoms with Crippen LogP contribution in [0.15, 0.2) is 0 Å². The summed E-state index contributed by atoms with van der Waals surface area (Å²) >= 11 is 0. The number of hydrogen-bond acceptors (Lipinski definition) is 9.